The van der Waals surface area contributed by atoms with Crippen molar-refractivity contribution in [2.75, 3.05) is 25.5 Å². The van der Waals surface area contributed by atoms with Gasteiger partial charge in [0, 0.05) is 23.6 Å². The van der Waals surface area contributed by atoms with Gasteiger partial charge in [-0.3, -0.25) is 9.59 Å². The van der Waals surface area contributed by atoms with Gasteiger partial charge in [0.1, 0.15) is 18.1 Å². The first-order valence-electron chi connectivity index (χ1n) is 11.8. The van der Waals surface area contributed by atoms with E-state index in [0.29, 0.717) is 23.7 Å². The molecule has 2 amide bonds. The first-order valence-corrected chi connectivity index (χ1v) is 11.8. The van der Waals surface area contributed by atoms with Crippen LogP contribution in [-0.2, 0) is 16.4 Å². The van der Waals surface area contributed by atoms with Gasteiger partial charge in [0.05, 0.1) is 24.1 Å². The van der Waals surface area contributed by atoms with E-state index in [-0.39, 0.29) is 24.1 Å². The van der Waals surface area contributed by atoms with Crippen molar-refractivity contribution in [2.45, 2.75) is 45.7 Å². The summed E-state index contributed by atoms with van der Waals surface area (Å²) < 4.78 is 46.2. The normalized spacial score (nSPS) is 11.8. The summed E-state index contributed by atoms with van der Waals surface area (Å²) in [5.41, 5.74) is 0.0816. The summed E-state index contributed by atoms with van der Waals surface area (Å²) in [5, 5.41) is 7.48. The number of anilines is 1. The van der Waals surface area contributed by atoms with E-state index in [1.807, 2.05) is 27.7 Å². The Morgan fingerprint density at radius 1 is 1.05 bits per heavy atom. The van der Waals surface area contributed by atoms with Crippen LogP contribution < -0.4 is 10.1 Å². The number of alkyl halides is 3. The van der Waals surface area contributed by atoms with Gasteiger partial charge in [-0.1, -0.05) is 33.8 Å². The first-order chi connectivity index (χ1) is 17.3. The van der Waals surface area contributed by atoms with E-state index in [0.717, 1.165) is 17.8 Å². The SMILES string of the molecule is CCCN(CC(=O)Nc1cc(C(C)(C)C)nn1-c1ccc(OC)cc1)C(=O)c1cccc(C(F)(F)F)c1. The number of amides is 2. The Morgan fingerprint density at radius 3 is 2.30 bits per heavy atom. The predicted molar refractivity (Wildman–Crippen MR) is 135 cm³/mol. The molecule has 1 N–H and O–H groups in total. The maximum atomic E-state index is 13.1. The van der Waals surface area contributed by atoms with Gasteiger partial charge in [0.2, 0.25) is 5.91 Å². The molecule has 1 heterocycles. The van der Waals surface area contributed by atoms with Crippen LogP contribution in [0.15, 0.2) is 54.6 Å². The lowest BCUT2D eigenvalue weighted by molar-refractivity contribution is -0.137. The average molecular weight is 517 g/mol. The summed E-state index contributed by atoms with van der Waals surface area (Å²) in [6.45, 7) is 7.68. The maximum absolute atomic E-state index is 13.1. The second kappa shape index (κ2) is 11.1. The van der Waals surface area contributed by atoms with Crippen LogP contribution in [0.3, 0.4) is 0 Å². The molecule has 0 unspecified atom stereocenters. The molecule has 37 heavy (non-hydrogen) atoms. The number of rotatable bonds is 8. The zero-order chi connectivity index (χ0) is 27.4. The Morgan fingerprint density at radius 2 is 1.73 bits per heavy atom. The molecule has 1 aromatic heterocycles. The average Bonchev–Trinajstić information content (AvgIpc) is 3.27. The smallest absolute Gasteiger partial charge is 0.416 e. The van der Waals surface area contributed by atoms with E-state index in [2.05, 4.69) is 10.4 Å². The highest BCUT2D eigenvalue weighted by atomic mass is 19.4. The van der Waals surface area contributed by atoms with Crippen LogP contribution in [0.5, 0.6) is 5.75 Å². The molecule has 0 aliphatic carbocycles. The van der Waals surface area contributed by atoms with Crippen molar-refractivity contribution in [3.8, 4) is 11.4 Å². The van der Waals surface area contributed by atoms with Crippen molar-refractivity contribution in [1.29, 1.82) is 0 Å². The van der Waals surface area contributed by atoms with E-state index in [4.69, 9.17) is 4.74 Å². The molecule has 3 rings (SSSR count). The second-order valence-corrected chi connectivity index (χ2v) is 9.63. The largest absolute Gasteiger partial charge is 0.497 e. The number of ether oxygens (including phenoxy) is 1. The molecule has 0 saturated heterocycles. The maximum Gasteiger partial charge on any atom is 0.416 e. The number of benzene rings is 2. The highest BCUT2D eigenvalue weighted by molar-refractivity contribution is 5.99. The molecular weight excluding hydrogens is 485 g/mol. The fourth-order valence-corrected chi connectivity index (χ4v) is 3.65. The summed E-state index contributed by atoms with van der Waals surface area (Å²) in [7, 11) is 1.56. The van der Waals surface area contributed by atoms with Crippen molar-refractivity contribution in [3.05, 3.63) is 71.4 Å². The van der Waals surface area contributed by atoms with Crippen LogP contribution in [-0.4, -0.2) is 46.7 Å². The van der Waals surface area contributed by atoms with Crippen LogP contribution in [0.1, 0.15) is 55.7 Å². The van der Waals surface area contributed by atoms with Crippen LogP contribution in [0.25, 0.3) is 5.69 Å². The van der Waals surface area contributed by atoms with Crippen LogP contribution in [0, 0.1) is 0 Å². The first kappa shape index (κ1) is 27.8. The molecule has 2 aromatic carbocycles. The molecule has 0 bridgehead atoms. The number of methoxy groups -OCH3 is 1. The summed E-state index contributed by atoms with van der Waals surface area (Å²) in [4.78, 5) is 27.3. The van der Waals surface area contributed by atoms with E-state index in [1.54, 1.807) is 42.1 Å². The fourth-order valence-electron chi connectivity index (χ4n) is 3.65. The van der Waals surface area contributed by atoms with Gasteiger partial charge in [0.25, 0.3) is 5.91 Å². The van der Waals surface area contributed by atoms with E-state index >= 15 is 0 Å². The molecule has 3 aromatic rings. The van der Waals surface area contributed by atoms with Crippen molar-refractivity contribution in [2.24, 2.45) is 0 Å². The summed E-state index contributed by atoms with van der Waals surface area (Å²) in [5.74, 6) is -0.0741. The molecule has 0 atom stereocenters. The number of hydrogen-bond acceptors (Lipinski definition) is 4. The molecule has 0 spiro atoms. The quantitative estimate of drug-likeness (QED) is 0.418. The number of carbonyl (C=O) groups is 2. The third-order valence-electron chi connectivity index (χ3n) is 5.61. The topological polar surface area (TPSA) is 76.5 Å². The standard InChI is InChI=1S/C27H31F3N4O3/c1-6-14-33(25(36)18-8-7-9-19(15-18)27(28,29)30)17-24(35)31-23-16-22(26(2,3)4)32-34(23)20-10-12-21(37-5)13-11-20/h7-13,15-16H,6,14,17H2,1-5H3,(H,31,35). The number of hydrogen-bond donors (Lipinski definition) is 1. The Balaban J connectivity index is 1.86. The number of aromatic nitrogens is 2. The minimum absolute atomic E-state index is 0.130. The van der Waals surface area contributed by atoms with Gasteiger partial charge in [-0.2, -0.15) is 18.3 Å². The number of nitrogens with one attached hydrogen (secondary N) is 1. The number of halogens is 3. The lowest BCUT2D eigenvalue weighted by Crippen LogP contribution is -2.38. The molecule has 198 valence electrons. The lowest BCUT2D eigenvalue weighted by atomic mass is 9.92. The molecule has 7 nitrogen and oxygen atoms in total. The highest BCUT2D eigenvalue weighted by Crippen LogP contribution is 2.30. The van der Waals surface area contributed by atoms with E-state index in [1.165, 1.54) is 17.0 Å². The zero-order valence-corrected chi connectivity index (χ0v) is 21.5. The third-order valence-corrected chi connectivity index (χ3v) is 5.61. The molecule has 0 radical (unpaired) electrons. The van der Waals surface area contributed by atoms with Gasteiger partial charge in [-0.15, -0.1) is 0 Å². The van der Waals surface area contributed by atoms with E-state index in [9.17, 15) is 22.8 Å². The Hall–Kier alpha value is -3.82. The lowest BCUT2D eigenvalue weighted by Gasteiger charge is -2.22. The van der Waals surface area contributed by atoms with Gasteiger partial charge in [0.15, 0.2) is 0 Å². The van der Waals surface area contributed by atoms with Crippen molar-refractivity contribution in [1.82, 2.24) is 14.7 Å². The molecule has 0 aliphatic heterocycles. The molecule has 0 saturated carbocycles. The van der Waals surface area contributed by atoms with Crippen molar-refractivity contribution < 1.29 is 27.5 Å². The Kier molecular flexibility index (Phi) is 8.30. The van der Waals surface area contributed by atoms with E-state index < -0.39 is 23.6 Å². The van der Waals surface area contributed by atoms with Gasteiger partial charge in [-0.05, 0) is 48.9 Å². The van der Waals surface area contributed by atoms with Gasteiger partial charge >= 0.3 is 6.18 Å². The van der Waals surface area contributed by atoms with Gasteiger partial charge < -0.3 is 15.0 Å². The van der Waals surface area contributed by atoms with Crippen molar-refractivity contribution in [3.63, 3.8) is 0 Å². The minimum atomic E-state index is -4.58. The zero-order valence-electron chi connectivity index (χ0n) is 21.5. The highest BCUT2D eigenvalue weighted by Gasteiger charge is 2.31. The fraction of sp³-hybridized carbons (Fsp3) is 0.370. The molecule has 0 fully saturated rings. The number of nitrogens with zero attached hydrogens (tertiary/aromatic N) is 3. The number of carbonyl (C=O) groups excluding carboxylic acids is 2. The van der Waals surface area contributed by atoms with Crippen LogP contribution >= 0.6 is 0 Å². The van der Waals surface area contributed by atoms with Crippen LogP contribution in [0.4, 0.5) is 19.0 Å². The third kappa shape index (κ3) is 6.90. The molecule has 0 aliphatic rings. The Labute approximate surface area is 214 Å². The summed E-state index contributed by atoms with van der Waals surface area (Å²) >= 11 is 0. The summed E-state index contributed by atoms with van der Waals surface area (Å²) in [6.07, 6.45) is -4.05. The monoisotopic (exact) mass is 516 g/mol. The van der Waals surface area contributed by atoms with Crippen LogP contribution in [0.2, 0.25) is 0 Å². The van der Waals surface area contributed by atoms with Gasteiger partial charge in [-0.25, -0.2) is 4.68 Å². The Bertz CT molecular complexity index is 1250. The molecular formula is C27H31F3N4O3. The predicted octanol–water partition coefficient (Wildman–Crippen LogP) is 5.69. The summed E-state index contributed by atoms with van der Waals surface area (Å²) in [6, 6.07) is 13.1. The molecule has 10 heteroatoms. The minimum Gasteiger partial charge on any atom is -0.497 e. The van der Waals surface area contributed by atoms with Crippen molar-refractivity contribution >= 4 is 17.6 Å². The second-order valence-electron chi connectivity index (χ2n) is 9.63.